The van der Waals surface area contributed by atoms with Crippen LogP contribution in [0.25, 0.3) is 0 Å². The van der Waals surface area contributed by atoms with Crippen molar-refractivity contribution >= 4 is 33.7 Å². The van der Waals surface area contributed by atoms with Crippen LogP contribution >= 0.6 is 15.9 Å². The van der Waals surface area contributed by atoms with E-state index in [9.17, 15) is 19.5 Å². The van der Waals surface area contributed by atoms with Gasteiger partial charge >= 0.3 is 5.97 Å². The molecule has 1 N–H and O–H groups in total. The molecule has 0 saturated carbocycles. The number of ether oxygens (including phenoxy) is 2. The number of hydrogen-bond acceptors (Lipinski definition) is 6. The summed E-state index contributed by atoms with van der Waals surface area (Å²) in [5.41, 5.74) is -1.68. The first-order valence-corrected chi connectivity index (χ1v) is 12.3. The number of carbonyl (C=O) groups excluding carboxylic acids is 3. The van der Waals surface area contributed by atoms with Crippen LogP contribution < -0.4 is 0 Å². The number of hydrogen-bond donors (Lipinski definition) is 1. The van der Waals surface area contributed by atoms with Crippen LogP contribution in [0.15, 0.2) is 12.7 Å². The Morgan fingerprint density at radius 2 is 2.09 bits per heavy atom. The quantitative estimate of drug-likeness (QED) is 0.301. The zero-order chi connectivity index (χ0) is 24.0. The van der Waals surface area contributed by atoms with Crippen molar-refractivity contribution < 1.29 is 29.0 Å². The fourth-order valence-corrected chi connectivity index (χ4v) is 6.58. The summed E-state index contributed by atoms with van der Waals surface area (Å²) in [4.78, 5) is 43.8. The van der Waals surface area contributed by atoms with E-state index in [1.165, 1.54) is 4.90 Å². The molecule has 3 rings (SSSR count). The van der Waals surface area contributed by atoms with Crippen LogP contribution in [0, 0.1) is 11.8 Å². The van der Waals surface area contributed by atoms with Crippen molar-refractivity contribution in [2.24, 2.45) is 11.8 Å². The second kappa shape index (κ2) is 9.06. The topological polar surface area (TPSA) is 96.4 Å². The number of amides is 2. The third-order valence-corrected chi connectivity index (χ3v) is 7.83. The molecule has 3 saturated heterocycles. The Morgan fingerprint density at radius 3 is 2.59 bits per heavy atom. The monoisotopic (exact) mass is 514 g/mol. The molecule has 0 radical (unpaired) electrons. The second-order valence-corrected chi connectivity index (χ2v) is 11.0. The largest absolute Gasteiger partial charge is 0.466 e. The molecule has 3 aliphatic rings. The van der Waals surface area contributed by atoms with Crippen molar-refractivity contribution in [1.82, 2.24) is 9.80 Å². The van der Waals surface area contributed by atoms with E-state index in [0.717, 1.165) is 0 Å². The number of esters is 1. The molecule has 0 aromatic carbocycles. The number of carbonyl (C=O) groups is 3. The number of likely N-dealkylation sites (tertiary alicyclic amines) is 1. The lowest BCUT2D eigenvalue weighted by atomic mass is 9.70. The van der Waals surface area contributed by atoms with Gasteiger partial charge in [-0.05, 0) is 40.5 Å². The van der Waals surface area contributed by atoms with E-state index >= 15 is 0 Å². The highest BCUT2D eigenvalue weighted by molar-refractivity contribution is 9.09. The van der Waals surface area contributed by atoms with E-state index in [1.807, 2.05) is 27.7 Å². The number of aliphatic hydroxyl groups is 1. The van der Waals surface area contributed by atoms with Gasteiger partial charge in [0.05, 0.1) is 37.2 Å². The summed E-state index contributed by atoms with van der Waals surface area (Å²) in [5.74, 6) is -2.67. The third kappa shape index (κ3) is 3.70. The molecule has 0 aromatic heterocycles. The van der Waals surface area contributed by atoms with Crippen LogP contribution in [0.5, 0.6) is 0 Å². The smallest absolute Gasteiger partial charge is 0.312 e. The minimum atomic E-state index is -1.16. The predicted octanol–water partition coefficient (Wildman–Crippen LogP) is 1.88. The maximum atomic E-state index is 14.1. The van der Waals surface area contributed by atoms with Crippen molar-refractivity contribution in [2.75, 3.05) is 19.8 Å². The first-order valence-electron chi connectivity index (χ1n) is 11.3. The molecule has 1 unspecified atom stereocenters. The van der Waals surface area contributed by atoms with Gasteiger partial charge in [0.1, 0.15) is 11.6 Å². The predicted molar refractivity (Wildman–Crippen MR) is 122 cm³/mol. The standard InChI is InChI=1S/C23H35BrN2O6/c1-7-10-25(22(4,5)6)20(29)18-23-11-14(24)17(32-23)15(21(30)31-9-3)16(23)19(28)26(18)13(8-2)12-27/h7,13-18,27H,1,8-12H2,2-6H3/t13-,14?,15+,16-,17+,18+,23-/m0/s1. The lowest BCUT2D eigenvalue weighted by molar-refractivity contribution is -0.157. The Morgan fingerprint density at radius 1 is 1.44 bits per heavy atom. The third-order valence-electron chi connectivity index (χ3n) is 6.98. The van der Waals surface area contributed by atoms with Crippen LogP contribution in [0.2, 0.25) is 0 Å². The number of aliphatic hydroxyl groups excluding tert-OH is 1. The zero-order valence-corrected chi connectivity index (χ0v) is 21.1. The van der Waals surface area contributed by atoms with Crippen LogP contribution in [-0.2, 0) is 23.9 Å². The minimum absolute atomic E-state index is 0.187. The van der Waals surface area contributed by atoms with Crippen molar-refractivity contribution in [3.05, 3.63) is 12.7 Å². The molecule has 3 aliphatic heterocycles. The molecule has 3 fully saturated rings. The molecule has 0 aromatic rings. The summed E-state index contributed by atoms with van der Waals surface area (Å²) in [6.45, 7) is 13.4. The van der Waals surface area contributed by atoms with E-state index in [0.29, 0.717) is 19.4 Å². The van der Waals surface area contributed by atoms with Gasteiger partial charge in [0.2, 0.25) is 11.8 Å². The Hall–Kier alpha value is -1.45. The van der Waals surface area contributed by atoms with Gasteiger partial charge in [-0.15, -0.1) is 6.58 Å². The summed E-state index contributed by atoms with van der Waals surface area (Å²) in [7, 11) is 0. The number of halogens is 1. The molecule has 180 valence electrons. The Balaban J connectivity index is 2.15. The van der Waals surface area contributed by atoms with Crippen molar-refractivity contribution in [3.63, 3.8) is 0 Å². The van der Waals surface area contributed by atoms with Gasteiger partial charge in [0.15, 0.2) is 0 Å². The van der Waals surface area contributed by atoms with Crippen molar-refractivity contribution in [2.45, 2.75) is 81.6 Å². The van der Waals surface area contributed by atoms with Gasteiger partial charge < -0.3 is 24.4 Å². The van der Waals surface area contributed by atoms with E-state index < -0.39 is 47.1 Å². The molecule has 1 spiro atoms. The molecule has 9 heteroatoms. The van der Waals surface area contributed by atoms with Crippen LogP contribution in [0.3, 0.4) is 0 Å². The van der Waals surface area contributed by atoms with Gasteiger partial charge in [0, 0.05) is 16.9 Å². The maximum absolute atomic E-state index is 14.1. The highest BCUT2D eigenvalue weighted by Gasteiger charge is 2.77. The number of nitrogens with zero attached hydrogens (tertiary/aromatic N) is 2. The van der Waals surface area contributed by atoms with Gasteiger partial charge in [-0.3, -0.25) is 14.4 Å². The fraction of sp³-hybridized carbons (Fsp3) is 0.783. The molecule has 32 heavy (non-hydrogen) atoms. The van der Waals surface area contributed by atoms with E-state index in [-0.39, 0.29) is 29.9 Å². The lowest BCUT2D eigenvalue weighted by Crippen LogP contribution is -2.61. The first kappa shape index (κ1) is 25.2. The summed E-state index contributed by atoms with van der Waals surface area (Å²) in [5, 5.41) is 10.1. The SMILES string of the molecule is C=CCN(C(=O)[C@H]1N([C@@H](CC)CO)C(=O)[C@@H]2[C@@H](C(=O)OCC)[C@@H]3O[C@@]21CC3Br)C(C)(C)C. The summed E-state index contributed by atoms with van der Waals surface area (Å²) in [6.07, 6.45) is 2.00. The fourth-order valence-electron chi connectivity index (χ4n) is 5.63. The zero-order valence-electron chi connectivity index (χ0n) is 19.5. The van der Waals surface area contributed by atoms with Gasteiger partial charge in [-0.2, -0.15) is 0 Å². The van der Waals surface area contributed by atoms with Crippen LogP contribution in [0.4, 0.5) is 0 Å². The molecule has 2 bridgehead atoms. The number of rotatable bonds is 8. The van der Waals surface area contributed by atoms with E-state index in [4.69, 9.17) is 9.47 Å². The molecule has 0 aliphatic carbocycles. The van der Waals surface area contributed by atoms with Crippen molar-refractivity contribution in [1.29, 1.82) is 0 Å². The average molecular weight is 515 g/mol. The van der Waals surface area contributed by atoms with Crippen molar-refractivity contribution in [3.8, 4) is 0 Å². The lowest BCUT2D eigenvalue weighted by Gasteiger charge is -2.43. The van der Waals surface area contributed by atoms with Crippen LogP contribution in [0.1, 0.15) is 47.5 Å². The second-order valence-electron chi connectivity index (χ2n) is 9.81. The van der Waals surface area contributed by atoms with Gasteiger partial charge in [-0.25, -0.2) is 0 Å². The normalized spacial score (nSPS) is 34.4. The highest BCUT2D eigenvalue weighted by Crippen LogP contribution is 2.60. The minimum Gasteiger partial charge on any atom is -0.466 e. The number of fused-ring (bicyclic) bond motifs is 1. The molecule has 8 nitrogen and oxygen atoms in total. The molecular weight excluding hydrogens is 480 g/mol. The highest BCUT2D eigenvalue weighted by atomic mass is 79.9. The Labute approximate surface area is 198 Å². The van der Waals surface area contributed by atoms with Gasteiger partial charge in [-0.1, -0.05) is 28.9 Å². The average Bonchev–Trinajstić information content (AvgIpc) is 3.30. The first-order chi connectivity index (χ1) is 15.0. The molecule has 3 heterocycles. The molecule has 2 amide bonds. The summed E-state index contributed by atoms with van der Waals surface area (Å²) >= 11 is 3.63. The number of alkyl halides is 1. The van der Waals surface area contributed by atoms with E-state index in [1.54, 1.807) is 17.9 Å². The molecular formula is C23H35BrN2O6. The molecule has 7 atom stereocenters. The Kier molecular flexibility index (Phi) is 7.13. The summed E-state index contributed by atoms with van der Waals surface area (Å²) < 4.78 is 11.7. The van der Waals surface area contributed by atoms with E-state index in [2.05, 4.69) is 22.5 Å². The summed E-state index contributed by atoms with van der Waals surface area (Å²) in [6, 6.07) is -1.50. The van der Waals surface area contributed by atoms with Gasteiger partial charge in [0.25, 0.3) is 0 Å². The van der Waals surface area contributed by atoms with Crippen LogP contribution in [-0.4, -0.2) is 86.6 Å². The maximum Gasteiger partial charge on any atom is 0.312 e. The Bertz CT molecular complexity index is 779.